The number of methoxy groups -OCH3 is 1. The van der Waals surface area contributed by atoms with Gasteiger partial charge in [-0.25, -0.2) is 0 Å². The van der Waals surface area contributed by atoms with Crippen molar-refractivity contribution in [2.45, 2.75) is 19.4 Å². The molecule has 0 fully saturated rings. The van der Waals surface area contributed by atoms with Crippen LogP contribution >= 0.6 is 11.6 Å². The Labute approximate surface area is 111 Å². The van der Waals surface area contributed by atoms with Crippen molar-refractivity contribution >= 4 is 11.6 Å². The van der Waals surface area contributed by atoms with Crippen LogP contribution in [-0.2, 0) is 6.42 Å². The molecule has 1 aromatic carbocycles. The first-order chi connectivity index (χ1) is 8.67. The van der Waals surface area contributed by atoms with Crippen molar-refractivity contribution in [3.8, 4) is 5.75 Å². The summed E-state index contributed by atoms with van der Waals surface area (Å²) in [6, 6.07) is 7.02. The molecule has 0 bridgehead atoms. The molecular formula is C14H15ClO3. The first kappa shape index (κ1) is 13.0. The highest BCUT2D eigenvalue weighted by molar-refractivity contribution is 6.32. The van der Waals surface area contributed by atoms with Crippen LogP contribution in [0.3, 0.4) is 0 Å². The lowest BCUT2D eigenvalue weighted by molar-refractivity contribution is 0.217. The summed E-state index contributed by atoms with van der Waals surface area (Å²) < 4.78 is 10.4. The zero-order chi connectivity index (χ0) is 13.1. The molecule has 0 radical (unpaired) electrons. The van der Waals surface area contributed by atoms with Gasteiger partial charge < -0.3 is 14.3 Å². The van der Waals surface area contributed by atoms with Crippen LogP contribution in [0.4, 0.5) is 0 Å². The number of furan rings is 1. The third-order valence-electron chi connectivity index (χ3n) is 2.89. The van der Waals surface area contributed by atoms with E-state index in [-0.39, 0.29) is 0 Å². The van der Waals surface area contributed by atoms with Crippen molar-refractivity contribution in [1.29, 1.82) is 0 Å². The van der Waals surface area contributed by atoms with Crippen LogP contribution in [0.25, 0.3) is 0 Å². The zero-order valence-electron chi connectivity index (χ0n) is 10.3. The molecule has 4 heteroatoms. The lowest BCUT2D eigenvalue weighted by atomic mass is 10.0. The minimum absolute atomic E-state index is 0.482. The lowest BCUT2D eigenvalue weighted by Crippen LogP contribution is -2.01. The number of benzene rings is 1. The second kappa shape index (κ2) is 5.46. The van der Waals surface area contributed by atoms with Crippen molar-refractivity contribution < 1.29 is 14.3 Å². The van der Waals surface area contributed by atoms with Crippen LogP contribution in [0.15, 0.2) is 34.9 Å². The zero-order valence-corrected chi connectivity index (χ0v) is 11.1. The van der Waals surface area contributed by atoms with Gasteiger partial charge in [-0.05, 0) is 23.8 Å². The summed E-state index contributed by atoms with van der Waals surface area (Å²) >= 11 is 6.05. The number of aryl methyl sites for hydroxylation is 1. The Kier molecular flexibility index (Phi) is 3.94. The normalized spacial score (nSPS) is 12.4. The molecule has 2 aromatic rings. The Bertz CT molecular complexity index is 534. The quantitative estimate of drug-likeness (QED) is 0.920. The number of ether oxygens (including phenoxy) is 1. The average molecular weight is 267 g/mol. The molecule has 0 amide bonds. The minimum atomic E-state index is -0.734. The largest absolute Gasteiger partial charge is 0.495 e. The van der Waals surface area contributed by atoms with Crippen LogP contribution in [0, 0.1) is 0 Å². The van der Waals surface area contributed by atoms with Gasteiger partial charge in [0.05, 0.1) is 18.4 Å². The van der Waals surface area contributed by atoms with Gasteiger partial charge in [-0.3, -0.25) is 0 Å². The van der Waals surface area contributed by atoms with Gasteiger partial charge in [0.1, 0.15) is 17.6 Å². The fourth-order valence-electron chi connectivity index (χ4n) is 1.91. The molecule has 1 atom stereocenters. The van der Waals surface area contributed by atoms with Gasteiger partial charge >= 0.3 is 0 Å². The molecule has 0 aliphatic heterocycles. The van der Waals surface area contributed by atoms with Crippen LogP contribution in [-0.4, -0.2) is 12.2 Å². The van der Waals surface area contributed by atoms with Crippen LogP contribution in [0.5, 0.6) is 5.75 Å². The molecule has 0 saturated heterocycles. The molecule has 18 heavy (non-hydrogen) atoms. The van der Waals surface area contributed by atoms with Crippen LogP contribution in [0.1, 0.15) is 29.9 Å². The van der Waals surface area contributed by atoms with Gasteiger partial charge in [0.25, 0.3) is 0 Å². The standard InChI is InChI=1S/C14H15ClO3/c1-3-12-10(6-7-18-12)14(16)9-4-5-13(17-2)11(15)8-9/h4-8,14,16H,3H2,1-2H3. The molecule has 2 rings (SSSR count). The maximum atomic E-state index is 10.3. The molecular weight excluding hydrogens is 252 g/mol. The number of hydrogen-bond donors (Lipinski definition) is 1. The van der Waals surface area contributed by atoms with Crippen molar-refractivity contribution in [2.75, 3.05) is 7.11 Å². The molecule has 96 valence electrons. The molecule has 0 aliphatic carbocycles. The van der Waals surface area contributed by atoms with E-state index in [1.165, 1.54) is 0 Å². The smallest absolute Gasteiger partial charge is 0.137 e. The van der Waals surface area contributed by atoms with Gasteiger partial charge in [0.15, 0.2) is 0 Å². The number of aliphatic hydroxyl groups excluding tert-OH is 1. The topological polar surface area (TPSA) is 42.6 Å². The summed E-state index contributed by atoms with van der Waals surface area (Å²) in [5.41, 5.74) is 1.50. The number of halogens is 1. The van der Waals surface area contributed by atoms with Crippen molar-refractivity contribution in [3.63, 3.8) is 0 Å². The molecule has 1 unspecified atom stereocenters. The van der Waals surface area contributed by atoms with Crippen molar-refractivity contribution in [2.24, 2.45) is 0 Å². The molecule has 1 N–H and O–H groups in total. The highest BCUT2D eigenvalue weighted by atomic mass is 35.5. The highest BCUT2D eigenvalue weighted by Gasteiger charge is 2.17. The molecule has 0 saturated carbocycles. The van der Waals surface area contributed by atoms with E-state index in [0.717, 1.165) is 23.3 Å². The van der Waals surface area contributed by atoms with E-state index >= 15 is 0 Å². The Balaban J connectivity index is 2.34. The molecule has 0 spiro atoms. The van der Waals surface area contributed by atoms with E-state index in [2.05, 4.69) is 0 Å². The van der Waals surface area contributed by atoms with Crippen LogP contribution < -0.4 is 4.74 Å². The van der Waals surface area contributed by atoms with Crippen molar-refractivity contribution in [3.05, 3.63) is 52.4 Å². The Morgan fingerprint density at radius 2 is 2.17 bits per heavy atom. The lowest BCUT2D eigenvalue weighted by Gasteiger charge is -2.12. The Hall–Kier alpha value is -1.45. The van der Waals surface area contributed by atoms with Gasteiger partial charge in [-0.15, -0.1) is 0 Å². The third-order valence-corrected chi connectivity index (χ3v) is 3.18. The van der Waals surface area contributed by atoms with Gasteiger partial charge in [-0.1, -0.05) is 24.6 Å². The SMILES string of the molecule is CCc1occc1C(O)c1ccc(OC)c(Cl)c1. The predicted octanol–water partition coefficient (Wildman–Crippen LogP) is 3.59. The maximum Gasteiger partial charge on any atom is 0.137 e. The molecule has 0 aliphatic rings. The van der Waals surface area contributed by atoms with E-state index in [9.17, 15) is 5.11 Å². The molecule has 1 aromatic heterocycles. The first-order valence-corrected chi connectivity index (χ1v) is 6.13. The van der Waals surface area contributed by atoms with E-state index < -0.39 is 6.10 Å². The summed E-state index contributed by atoms with van der Waals surface area (Å²) in [5.74, 6) is 1.38. The fraction of sp³-hybridized carbons (Fsp3) is 0.286. The van der Waals surface area contributed by atoms with Crippen molar-refractivity contribution in [1.82, 2.24) is 0 Å². The summed E-state index contributed by atoms with van der Waals surface area (Å²) in [4.78, 5) is 0. The van der Waals surface area contributed by atoms with E-state index in [1.807, 2.05) is 6.92 Å². The monoisotopic (exact) mass is 266 g/mol. The summed E-state index contributed by atoms with van der Waals surface area (Å²) in [7, 11) is 1.56. The first-order valence-electron chi connectivity index (χ1n) is 5.75. The van der Waals surface area contributed by atoms with Gasteiger partial charge in [-0.2, -0.15) is 0 Å². The Morgan fingerprint density at radius 1 is 1.39 bits per heavy atom. The van der Waals surface area contributed by atoms with E-state index in [0.29, 0.717) is 10.8 Å². The predicted molar refractivity (Wildman–Crippen MR) is 70.2 cm³/mol. The number of rotatable bonds is 4. The van der Waals surface area contributed by atoms with Gasteiger partial charge in [0, 0.05) is 12.0 Å². The van der Waals surface area contributed by atoms with E-state index in [1.54, 1.807) is 37.6 Å². The summed E-state index contributed by atoms with van der Waals surface area (Å²) in [6.45, 7) is 1.98. The fourth-order valence-corrected chi connectivity index (χ4v) is 2.18. The minimum Gasteiger partial charge on any atom is -0.495 e. The second-order valence-corrected chi connectivity index (χ2v) is 4.36. The highest BCUT2D eigenvalue weighted by Crippen LogP contribution is 2.31. The third kappa shape index (κ3) is 2.37. The summed E-state index contributed by atoms with van der Waals surface area (Å²) in [5, 5.41) is 10.8. The number of aliphatic hydroxyl groups is 1. The Morgan fingerprint density at radius 3 is 2.78 bits per heavy atom. The van der Waals surface area contributed by atoms with Gasteiger partial charge in [0.2, 0.25) is 0 Å². The summed E-state index contributed by atoms with van der Waals surface area (Å²) in [6.07, 6.45) is 1.59. The second-order valence-electron chi connectivity index (χ2n) is 3.95. The number of hydrogen-bond acceptors (Lipinski definition) is 3. The molecule has 1 heterocycles. The average Bonchev–Trinajstić information content (AvgIpc) is 2.86. The van der Waals surface area contributed by atoms with Crippen LogP contribution in [0.2, 0.25) is 5.02 Å². The maximum absolute atomic E-state index is 10.3. The van der Waals surface area contributed by atoms with E-state index in [4.69, 9.17) is 20.8 Å². The molecule has 3 nitrogen and oxygen atoms in total.